The van der Waals surface area contributed by atoms with Crippen molar-refractivity contribution in [2.24, 2.45) is 17.3 Å². The van der Waals surface area contributed by atoms with Crippen molar-refractivity contribution in [2.75, 3.05) is 80.7 Å². The van der Waals surface area contributed by atoms with Crippen LogP contribution < -0.4 is 0 Å². The Balaban J connectivity index is 1.70. The van der Waals surface area contributed by atoms with Crippen molar-refractivity contribution < 1.29 is 33.3 Å². The van der Waals surface area contributed by atoms with Crippen LogP contribution in [-0.4, -0.2) is 154 Å². The summed E-state index contributed by atoms with van der Waals surface area (Å²) >= 11 is 0. The first-order chi connectivity index (χ1) is 20.2. The van der Waals surface area contributed by atoms with Gasteiger partial charge in [-0.25, -0.2) is 0 Å². The summed E-state index contributed by atoms with van der Waals surface area (Å²) in [7, 11) is 7.88. The van der Waals surface area contributed by atoms with Crippen molar-refractivity contribution in [2.45, 2.75) is 96.9 Å². The Kier molecular flexibility index (Phi) is 11.4. The number of ketones is 1. The van der Waals surface area contributed by atoms with Crippen LogP contribution in [0.2, 0.25) is 0 Å². The van der Waals surface area contributed by atoms with Gasteiger partial charge in [-0.15, -0.1) is 0 Å². The lowest BCUT2D eigenvalue weighted by Crippen LogP contribution is -2.69. The van der Waals surface area contributed by atoms with Crippen LogP contribution in [0.15, 0.2) is 0 Å². The quantitative estimate of drug-likeness (QED) is 0.338. The number of fused-ring (bicyclic) bond motifs is 2. The molecule has 0 aromatic rings. The second kappa shape index (κ2) is 14.1. The summed E-state index contributed by atoms with van der Waals surface area (Å²) < 4.78 is 32.3. The number of carbonyl (C=O) groups is 2. The van der Waals surface area contributed by atoms with E-state index in [4.69, 9.17) is 23.7 Å². The maximum Gasteiger partial charge on any atom is 0.319 e. The minimum atomic E-state index is -1.37. The molecule has 0 bridgehead atoms. The number of esters is 1. The highest BCUT2D eigenvalue weighted by molar-refractivity contribution is 6.04. The molecule has 0 saturated carbocycles. The highest BCUT2D eigenvalue weighted by Crippen LogP contribution is 2.44. The molecule has 0 spiro atoms. The van der Waals surface area contributed by atoms with Crippen LogP contribution in [0.5, 0.6) is 0 Å². The molecule has 4 heterocycles. The number of rotatable bonds is 5. The first-order valence-corrected chi connectivity index (χ1v) is 16.3. The average Bonchev–Trinajstić information content (AvgIpc) is 2.97. The number of hydrogen-bond donors (Lipinski definition) is 0. The van der Waals surface area contributed by atoms with Crippen molar-refractivity contribution in [1.82, 2.24) is 19.6 Å². The summed E-state index contributed by atoms with van der Waals surface area (Å²) in [5.74, 6) is -2.55. The summed E-state index contributed by atoms with van der Waals surface area (Å²) in [4.78, 5) is 37.1. The molecular formula is C32H58N4O7. The lowest BCUT2D eigenvalue weighted by Gasteiger charge is -2.55. The number of likely N-dealkylation sites (N-methyl/N-ethyl adjacent to an activating group) is 3. The third-order valence-corrected chi connectivity index (χ3v) is 10.2. The maximum absolute atomic E-state index is 14.2. The predicted molar refractivity (Wildman–Crippen MR) is 164 cm³/mol. The van der Waals surface area contributed by atoms with E-state index in [0.29, 0.717) is 6.42 Å². The van der Waals surface area contributed by atoms with E-state index in [1.54, 1.807) is 21.0 Å². The molecule has 4 aliphatic rings. The normalized spacial score (nSPS) is 41.0. The maximum atomic E-state index is 14.2. The number of ether oxygens (including phenoxy) is 5. The number of hydrogen-bond acceptors (Lipinski definition) is 11. The molecule has 0 aromatic heterocycles. The lowest BCUT2D eigenvalue weighted by molar-refractivity contribution is -0.424. The zero-order valence-corrected chi connectivity index (χ0v) is 28.3. The summed E-state index contributed by atoms with van der Waals surface area (Å²) in [6, 6.07) is 0.0524. The standard InChI is InChI=1S/C32H58N4O7/c1-11-36-18-21(2)17-32(39-10)28(42-29-26(43-32)25(33(7)8)16-22(3)41-29)23(4)27(37)31(5,6)30(38)40-20-24(36)19-35-14-12-34(9)13-15-35/h21-26,28-29H,11-20H2,1-10H3/t21-,22-,23+,24+,25+,26-,28-,29+,32+/m1/s1. The van der Waals surface area contributed by atoms with E-state index < -0.39 is 41.6 Å². The third-order valence-electron chi connectivity index (χ3n) is 10.2. The highest BCUT2D eigenvalue weighted by Gasteiger charge is 2.59. The van der Waals surface area contributed by atoms with Crippen LogP contribution in [0.3, 0.4) is 0 Å². The molecule has 0 radical (unpaired) electrons. The Morgan fingerprint density at radius 2 is 1.72 bits per heavy atom. The zero-order valence-electron chi connectivity index (χ0n) is 28.3. The van der Waals surface area contributed by atoms with Gasteiger partial charge in [-0.2, -0.15) is 0 Å². The van der Waals surface area contributed by atoms with Gasteiger partial charge in [0, 0.05) is 64.8 Å². The minimum Gasteiger partial charge on any atom is -0.463 e. The van der Waals surface area contributed by atoms with Gasteiger partial charge in [0.25, 0.3) is 0 Å². The van der Waals surface area contributed by atoms with Gasteiger partial charge in [0.15, 0.2) is 17.9 Å². The molecule has 0 aliphatic carbocycles. The molecule has 43 heavy (non-hydrogen) atoms. The topological polar surface area (TPSA) is 93.2 Å². The second-order valence-corrected chi connectivity index (χ2v) is 14.3. The number of nitrogens with zero attached hydrogens (tertiary/aromatic N) is 4. The van der Waals surface area contributed by atoms with Crippen LogP contribution in [0, 0.1) is 17.3 Å². The van der Waals surface area contributed by atoms with Crippen molar-refractivity contribution in [3.05, 3.63) is 0 Å². The number of piperazine rings is 1. The molecule has 0 unspecified atom stereocenters. The SMILES string of the molecule is CCN1C[C@H](C)C[C@]2(OC)O[C@H]3[C@@H](O[C@H](C)C[C@@H]3N(C)C)O[C@@H]2[C@@H](C)C(=O)C(C)(C)C(=O)OC[C@@H]1CN1CCN(C)CC1. The fraction of sp³-hybridized carbons (Fsp3) is 0.938. The van der Waals surface area contributed by atoms with Gasteiger partial charge >= 0.3 is 5.97 Å². The molecule has 0 aromatic carbocycles. The molecule has 4 rings (SSSR count). The van der Waals surface area contributed by atoms with Gasteiger partial charge < -0.3 is 33.5 Å². The Labute approximate surface area is 259 Å². The number of methoxy groups -OCH3 is 1. The van der Waals surface area contributed by atoms with E-state index in [0.717, 1.165) is 52.2 Å². The smallest absolute Gasteiger partial charge is 0.319 e. The molecule has 4 saturated heterocycles. The molecule has 0 N–H and O–H groups in total. The molecule has 4 aliphatic heterocycles. The molecule has 9 atom stereocenters. The van der Waals surface area contributed by atoms with E-state index in [1.165, 1.54) is 0 Å². The summed E-state index contributed by atoms with van der Waals surface area (Å²) in [6.07, 6.45) is -0.529. The predicted octanol–water partition coefficient (Wildman–Crippen LogP) is 1.93. The van der Waals surface area contributed by atoms with Gasteiger partial charge in [-0.3, -0.25) is 19.4 Å². The van der Waals surface area contributed by atoms with Gasteiger partial charge in [0.2, 0.25) is 0 Å². The van der Waals surface area contributed by atoms with Crippen LogP contribution in [0.4, 0.5) is 0 Å². The lowest BCUT2D eigenvalue weighted by atomic mass is 9.76. The minimum absolute atomic E-state index is 0.00238. The molecule has 11 nitrogen and oxygen atoms in total. The zero-order chi connectivity index (χ0) is 31.7. The third kappa shape index (κ3) is 7.46. The van der Waals surface area contributed by atoms with E-state index in [-0.39, 0.29) is 36.5 Å². The van der Waals surface area contributed by atoms with Crippen molar-refractivity contribution in [3.8, 4) is 0 Å². The van der Waals surface area contributed by atoms with E-state index >= 15 is 0 Å². The van der Waals surface area contributed by atoms with Crippen LogP contribution >= 0.6 is 0 Å². The summed E-state index contributed by atoms with van der Waals surface area (Å²) in [6.45, 7) is 18.1. The largest absolute Gasteiger partial charge is 0.463 e. The number of Topliss-reactive ketones (excluding diaryl/α,β-unsaturated/α-hetero) is 1. The fourth-order valence-electron chi connectivity index (χ4n) is 7.47. The first kappa shape index (κ1) is 34.7. The van der Waals surface area contributed by atoms with Gasteiger partial charge in [-0.1, -0.05) is 20.8 Å². The average molecular weight is 611 g/mol. The van der Waals surface area contributed by atoms with Crippen LogP contribution in [-0.2, 0) is 33.3 Å². The van der Waals surface area contributed by atoms with Crippen molar-refractivity contribution in [1.29, 1.82) is 0 Å². The molecule has 11 heteroatoms. The summed E-state index contributed by atoms with van der Waals surface area (Å²) in [5, 5.41) is 0. The van der Waals surface area contributed by atoms with Gasteiger partial charge in [0.1, 0.15) is 24.2 Å². The molecule has 248 valence electrons. The highest BCUT2D eigenvalue weighted by atomic mass is 16.8. The van der Waals surface area contributed by atoms with E-state index in [9.17, 15) is 9.59 Å². The number of carbonyl (C=O) groups excluding carboxylic acids is 2. The molecular weight excluding hydrogens is 552 g/mol. The Bertz CT molecular complexity index is 958. The Morgan fingerprint density at radius 3 is 2.33 bits per heavy atom. The van der Waals surface area contributed by atoms with Crippen LogP contribution in [0.1, 0.15) is 54.4 Å². The number of cyclic esters (lactones) is 1. The Morgan fingerprint density at radius 1 is 1.05 bits per heavy atom. The fourth-order valence-corrected chi connectivity index (χ4v) is 7.47. The summed E-state index contributed by atoms with van der Waals surface area (Å²) in [5.41, 5.74) is -1.37. The Hall–Kier alpha value is -1.18. The van der Waals surface area contributed by atoms with E-state index in [2.05, 4.69) is 40.5 Å². The first-order valence-electron chi connectivity index (χ1n) is 16.3. The van der Waals surface area contributed by atoms with Gasteiger partial charge in [0.05, 0.1) is 12.1 Å². The van der Waals surface area contributed by atoms with Crippen molar-refractivity contribution >= 4 is 11.8 Å². The molecule has 0 amide bonds. The monoisotopic (exact) mass is 610 g/mol. The van der Waals surface area contributed by atoms with Crippen LogP contribution in [0.25, 0.3) is 0 Å². The van der Waals surface area contributed by atoms with Crippen molar-refractivity contribution in [3.63, 3.8) is 0 Å². The molecule has 4 fully saturated rings. The van der Waals surface area contributed by atoms with Gasteiger partial charge in [-0.05, 0) is 60.8 Å². The van der Waals surface area contributed by atoms with E-state index in [1.807, 2.05) is 27.9 Å². The second-order valence-electron chi connectivity index (χ2n) is 14.3.